The van der Waals surface area contributed by atoms with Crippen LogP contribution in [0.2, 0.25) is 0 Å². The number of carbonyl (C=O) groups excluding carboxylic acids is 1. The number of esters is 1. The van der Waals surface area contributed by atoms with E-state index in [1.807, 2.05) is 0 Å². The predicted molar refractivity (Wildman–Crippen MR) is 55.3 cm³/mol. The van der Waals surface area contributed by atoms with Crippen molar-refractivity contribution in [2.75, 3.05) is 33.1 Å². The normalized spacial score (nSPS) is 13.5. The molecule has 6 nitrogen and oxygen atoms in total. The van der Waals surface area contributed by atoms with Gasteiger partial charge < -0.3 is 9.47 Å². The number of halogens is 1. The maximum absolute atomic E-state index is 11.2. The molecule has 0 radical (unpaired) electrons. The van der Waals surface area contributed by atoms with Gasteiger partial charge in [-0.05, 0) is 0 Å². The van der Waals surface area contributed by atoms with Crippen LogP contribution in [0.25, 0.3) is 0 Å². The smallest absolute Gasteiger partial charge is 0.325 e. The molecule has 0 bridgehead atoms. The third kappa shape index (κ3) is 6.67. The van der Waals surface area contributed by atoms with E-state index in [0.717, 1.165) is 0 Å². The topological polar surface area (TPSA) is 81.7 Å². The van der Waals surface area contributed by atoms with Crippen molar-refractivity contribution in [3.63, 3.8) is 0 Å². The number of hydrogen-bond acceptors (Lipinski definition) is 5. The van der Waals surface area contributed by atoms with Gasteiger partial charge in [0, 0.05) is 13.7 Å². The van der Waals surface area contributed by atoms with Gasteiger partial charge in [0.25, 0.3) is 0 Å². The minimum atomic E-state index is -3.45. The van der Waals surface area contributed by atoms with Crippen LogP contribution in [0.5, 0.6) is 0 Å². The third-order valence-electron chi connectivity index (χ3n) is 1.50. The number of nitrogens with one attached hydrogen (secondary N) is 1. The molecule has 0 aliphatic carbocycles. The molecule has 0 fully saturated rings. The van der Waals surface area contributed by atoms with Crippen molar-refractivity contribution in [3.8, 4) is 0 Å². The summed E-state index contributed by atoms with van der Waals surface area (Å²) in [5, 5.41) is -1.02. The number of methoxy groups -OCH3 is 2. The highest BCUT2D eigenvalue weighted by molar-refractivity contribution is 7.89. The lowest BCUT2D eigenvalue weighted by atomic mass is 10.4. The molecule has 8 heteroatoms. The number of hydrogen-bond donors (Lipinski definition) is 1. The van der Waals surface area contributed by atoms with Crippen molar-refractivity contribution < 1.29 is 22.7 Å². The number of alkyl halides is 1. The predicted octanol–water partition coefficient (Wildman–Crippen LogP) is -0.667. The Labute approximate surface area is 93.9 Å². The van der Waals surface area contributed by atoms with Crippen LogP contribution in [-0.2, 0) is 24.3 Å². The zero-order chi connectivity index (χ0) is 11.9. The van der Waals surface area contributed by atoms with Crippen LogP contribution in [0.4, 0.5) is 0 Å². The highest BCUT2D eigenvalue weighted by Crippen LogP contribution is 1.97. The summed E-state index contributed by atoms with van der Waals surface area (Å²) in [6, 6.07) is 0. The SMILES string of the molecule is COCCS(=O)(=O)NCC(Cl)C(=O)OC. The first-order valence-corrected chi connectivity index (χ1v) is 6.20. The van der Waals surface area contributed by atoms with Crippen molar-refractivity contribution in [1.29, 1.82) is 0 Å². The monoisotopic (exact) mass is 259 g/mol. The molecule has 1 N–H and O–H groups in total. The van der Waals surface area contributed by atoms with Crippen molar-refractivity contribution in [2.24, 2.45) is 0 Å². The maximum atomic E-state index is 11.2. The lowest BCUT2D eigenvalue weighted by molar-refractivity contribution is -0.140. The van der Waals surface area contributed by atoms with E-state index in [9.17, 15) is 13.2 Å². The maximum Gasteiger partial charge on any atom is 0.325 e. The molecule has 0 saturated heterocycles. The summed E-state index contributed by atoms with van der Waals surface area (Å²) in [6.07, 6.45) is 0. The lowest BCUT2D eigenvalue weighted by Gasteiger charge is -2.09. The Morgan fingerprint density at radius 2 is 2.07 bits per heavy atom. The Kier molecular flexibility index (Phi) is 6.82. The summed E-state index contributed by atoms with van der Waals surface area (Å²) < 4.78 is 33.5. The van der Waals surface area contributed by atoms with E-state index < -0.39 is 21.4 Å². The minimum Gasteiger partial charge on any atom is -0.468 e. The van der Waals surface area contributed by atoms with Gasteiger partial charge in [-0.1, -0.05) is 0 Å². The summed E-state index contributed by atoms with van der Waals surface area (Å²) in [4.78, 5) is 10.8. The number of sulfonamides is 1. The van der Waals surface area contributed by atoms with E-state index in [0.29, 0.717) is 0 Å². The molecule has 1 unspecified atom stereocenters. The van der Waals surface area contributed by atoms with Gasteiger partial charge >= 0.3 is 5.97 Å². The molecule has 0 aromatic rings. The zero-order valence-corrected chi connectivity index (χ0v) is 10.1. The van der Waals surface area contributed by atoms with Gasteiger partial charge in [0.05, 0.1) is 19.5 Å². The molecule has 0 aliphatic heterocycles. The lowest BCUT2D eigenvalue weighted by Crippen LogP contribution is -2.36. The number of carbonyl (C=O) groups is 1. The van der Waals surface area contributed by atoms with Crippen LogP contribution in [0, 0.1) is 0 Å². The molecule has 0 rings (SSSR count). The Balaban J connectivity index is 3.98. The highest BCUT2D eigenvalue weighted by atomic mass is 35.5. The van der Waals surface area contributed by atoms with Crippen molar-refractivity contribution in [1.82, 2.24) is 4.72 Å². The van der Waals surface area contributed by atoms with Crippen LogP contribution in [0.15, 0.2) is 0 Å². The van der Waals surface area contributed by atoms with Crippen molar-refractivity contribution >= 4 is 27.6 Å². The van der Waals surface area contributed by atoms with Gasteiger partial charge in [-0.3, -0.25) is 4.79 Å². The molecular formula is C7H14ClNO5S. The second-order valence-corrected chi connectivity index (χ2v) is 5.10. The van der Waals surface area contributed by atoms with Crippen LogP contribution in [-0.4, -0.2) is 52.9 Å². The van der Waals surface area contributed by atoms with Crippen molar-refractivity contribution in [3.05, 3.63) is 0 Å². The van der Waals surface area contributed by atoms with Gasteiger partial charge in [-0.15, -0.1) is 11.6 Å². The largest absolute Gasteiger partial charge is 0.468 e. The Morgan fingerprint density at radius 3 is 2.53 bits per heavy atom. The summed E-state index contributed by atoms with van der Waals surface area (Å²) >= 11 is 5.54. The van der Waals surface area contributed by atoms with Crippen LogP contribution in [0.1, 0.15) is 0 Å². The summed E-state index contributed by atoms with van der Waals surface area (Å²) in [5.41, 5.74) is 0. The number of rotatable bonds is 7. The molecule has 0 aromatic heterocycles. The molecular weight excluding hydrogens is 246 g/mol. The molecule has 90 valence electrons. The van der Waals surface area contributed by atoms with Gasteiger partial charge in [-0.25, -0.2) is 13.1 Å². The first-order chi connectivity index (χ1) is 6.93. The van der Waals surface area contributed by atoms with E-state index >= 15 is 0 Å². The van der Waals surface area contributed by atoms with Gasteiger partial charge in [0.15, 0.2) is 0 Å². The molecule has 15 heavy (non-hydrogen) atoms. The molecule has 0 saturated carbocycles. The molecule has 0 spiro atoms. The standard InChI is InChI=1S/C7H14ClNO5S/c1-13-3-4-15(11,12)9-5-6(8)7(10)14-2/h6,9H,3-5H2,1-2H3. The summed E-state index contributed by atoms with van der Waals surface area (Å²) in [7, 11) is -0.873. The fourth-order valence-electron chi connectivity index (χ4n) is 0.677. The Morgan fingerprint density at radius 1 is 1.47 bits per heavy atom. The Hall–Kier alpha value is -0.370. The third-order valence-corrected chi connectivity index (χ3v) is 3.14. The van der Waals surface area contributed by atoms with Gasteiger partial charge in [-0.2, -0.15) is 0 Å². The number of ether oxygens (including phenoxy) is 2. The van der Waals surface area contributed by atoms with Gasteiger partial charge in [0.1, 0.15) is 5.38 Å². The van der Waals surface area contributed by atoms with Gasteiger partial charge in [0.2, 0.25) is 10.0 Å². The second-order valence-electron chi connectivity index (χ2n) is 2.65. The molecule has 0 aromatic carbocycles. The second kappa shape index (κ2) is 7.00. The van der Waals surface area contributed by atoms with Crippen LogP contribution in [0.3, 0.4) is 0 Å². The van der Waals surface area contributed by atoms with Crippen LogP contribution < -0.4 is 4.72 Å². The average molecular weight is 260 g/mol. The zero-order valence-electron chi connectivity index (χ0n) is 8.53. The molecule has 0 amide bonds. The van der Waals surface area contributed by atoms with E-state index in [-0.39, 0.29) is 18.9 Å². The fourth-order valence-corrected chi connectivity index (χ4v) is 1.89. The van der Waals surface area contributed by atoms with E-state index in [4.69, 9.17) is 11.6 Å². The summed E-state index contributed by atoms with van der Waals surface area (Å²) in [6.45, 7) is -0.110. The van der Waals surface area contributed by atoms with E-state index in [1.165, 1.54) is 14.2 Å². The Bertz CT molecular complexity index is 292. The first kappa shape index (κ1) is 14.6. The average Bonchev–Trinajstić information content (AvgIpc) is 2.22. The van der Waals surface area contributed by atoms with Crippen molar-refractivity contribution in [2.45, 2.75) is 5.38 Å². The van der Waals surface area contributed by atoms with Crippen LogP contribution >= 0.6 is 11.6 Å². The quantitative estimate of drug-likeness (QED) is 0.485. The summed E-state index contributed by atoms with van der Waals surface area (Å²) in [5.74, 6) is -0.847. The first-order valence-electron chi connectivity index (χ1n) is 4.11. The molecule has 0 heterocycles. The van der Waals surface area contributed by atoms with E-state index in [1.54, 1.807) is 0 Å². The fraction of sp³-hybridized carbons (Fsp3) is 0.857. The van der Waals surface area contributed by atoms with E-state index in [2.05, 4.69) is 14.2 Å². The highest BCUT2D eigenvalue weighted by Gasteiger charge is 2.18. The molecule has 1 atom stereocenters. The minimum absolute atomic E-state index is 0.0838. The molecule has 0 aliphatic rings.